The Bertz CT molecular complexity index is 468. The summed E-state index contributed by atoms with van der Waals surface area (Å²) in [6.07, 6.45) is 12.5. The highest BCUT2D eigenvalue weighted by atomic mass is 16.1. The van der Waals surface area contributed by atoms with Crippen molar-refractivity contribution in [3.8, 4) is 0 Å². The molecule has 0 atom stereocenters. The normalized spacial score (nSPS) is 23.1. The number of imidazole rings is 1. The number of hydrogen-bond acceptors (Lipinski definition) is 3. The van der Waals surface area contributed by atoms with E-state index in [0.29, 0.717) is 12.2 Å². The Labute approximate surface area is 121 Å². The van der Waals surface area contributed by atoms with E-state index in [2.05, 4.69) is 9.88 Å². The Kier molecular flexibility index (Phi) is 3.92. The van der Waals surface area contributed by atoms with Crippen molar-refractivity contribution < 1.29 is 4.79 Å². The molecule has 0 spiro atoms. The second-order valence-electron chi connectivity index (χ2n) is 6.34. The molecule has 2 fully saturated rings. The molecule has 1 saturated carbocycles. The smallest absolute Gasteiger partial charge is 0.160 e. The zero-order chi connectivity index (χ0) is 14.0. The quantitative estimate of drug-likeness (QED) is 0.846. The molecule has 4 nitrogen and oxygen atoms in total. The number of rotatable bonds is 4. The van der Waals surface area contributed by atoms with Crippen LogP contribution >= 0.6 is 0 Å². The van der Waals surface area contributed by atoms with Crippen molar-refractivity contribution in [2.75, 3.05) is 13.1 Å². The lowest BCUT2D eigenvalue weighted by Crippen LogP contribution is -2.55. The lowest BCUT2D eigenvalue weighted by atomic mass is 9.86. The van der Waals surface area contributed by atoms with Crippen LogP contribution in [-0.4, -0.2) is 38.9 Å². The summed E-state index contributed by atoms with van der Waals surface area (Å²) < 4.78 is 1.97. The molecule has 0 aromatic carbocycles. The molecule has 4 heteroatoms. The van der Waals surface area contributed by atoms with Gasteiger partial charge in [-0.3, -0.25) is 9.69 Å². The third-order valence-electron chi connectivity index (χ3n) is 5.15. The number of hydrogen-bond donors (Lipinski definition) is 0. The predicted molar refractivity (Wildman–Crippen MR) is 78.5 cm³/mol. The molecule has 1 saturated heterocycles. The summed E-state index contributed by atoms with van der Waals surface area (Å²) in [5.41, 5.74) is -0.174. The standard InChI is InChI=1S/C16H25N3O/c1-18-12-9-17-15(18)13-14(20)16(7-3-4-8-16)19-10-5-2-6-11-19/h9,12H,2-8,10-11,13H2,1H3. The second kappa shape index (κ2) is 5.68. The van der Waals surface area contributed by atoms with Crippen LogP contribution in [0.25, 0.3) is 0 Å². The third-order valence-corrected chi connectivity index (χ3v) is 5.15. The summed E-state index contributed by atoms with van der Waals surface area (Å²) in [6.45, 7) is 2.21. The molecule has 1 aliphatic heterocycles. The number of aromatic nitrogens is 2. The number of piperidine rings is 1. The van der Waals surface area contributed by atoms with Crippen LogP contribution in [0, 0.1) is 0 Å². The Hall–Kier alpha value is -1.16. The monoisotopic (exact) mass is 275 g/mol. The fraction of sp³-hybridized carbons (Fsp3) is 0.750. The van der Waals surface area contributed by atoms with Crippen LogP contribution in [0.5, 0.6) is 0 Å². The first kappa shape index (κ1) is 13.8. The van der Waals surface area contributed by atoms with E-state index in [4.69, 9.17) is 0 Å². The summed E-state index contributed by atoms with van der Waals surface area (Å²) in [5.74, 6) is 1.30. The maximum Gasteiger partial charge on any atom is 0.160 e. The van der Waals surface area contributed by atoms with Crippen LogP contribution in [0.1, 0.15) is 50.8 Å². The molecular formula is C16H25N3O. The number of carbonyl (C=O) groups excluding carboxylic acids is 1. The maximum absolute atomic E-state index is 13.0. The van der Waals surface area contributed by atoms with Gasteiger partial charge in [0.25, 0.3) is 0 Å². The van der Waals surface area contributed by atoms with E-state index in [1.54, 1.807) is 6.20 Å². The van der Waals surface area contributed by atoms with Crippen molar-refractivity contribution in [2.45, 2.75) is 56.9 Å². The molecule has 20 heavy (non-hydrogen) atoms. The van der Waals surface area contributed by atoms with Crippen LogP contribution in [0.15, 0.2) is 12.4 Å². The van der Waals surface area contributed by atoms with E-state index in [0.717, 1.165) is 31.8 Å². The topological polar surface area (TPSA) is 38.1 Å². The summed E-state index contributed by atoms with van der Waals surface area (Å²) in [7, 11) is 1.97. The highest BCUT2D eigenvalue weighted by molar-refractivity contribution is 5.90. The fourth-order valence-electron chi connectivity index (χ4n) is 3.93. The Morgan fingerprint density at radius 1 is 1.20 bits per heavy atom. The summed E-state index contributed by atoms with van der Waals surface area (Å²) in [6, 6.07) is 0. The predicted octanol–water partition coefficient (Wildman–Crippen LogP) is 2.33. The lowest BCUT2D eigenvalue weighted by molar-refractivity contribution is -0.131. The minimum absolute atomic E-state index is 0.174. The van der Waals surface area contributed by atoms with Gasteiger partial charge in [0.15, 0.2) is 5.78 Å². The van der Waals surface area contributed by atoms with Gasteiger partial charge in [0.2, 0.25) is 0 Å². The lowest BCUT2D eigenvalue weighted by Gasteiger charge is -2.42. The Morgan fingerprint density at radius 3 is 2.50 bits per heavy atom. The molecule has 2 heterocycles. The van der Waals surface area contributed by atoms with Crippen molar-refractivity contribution in [3.63, 3.8) is 0 Å². The summed E-state index contributed by atoms with van der Waals surface area (Å²) in [5, 5.41) is 0. The summed E-state index contributed by atoms with van der Waals surface area (Å²) in [4.78, 5) is 19.8. The van der Waals surface area contributed by atoms with Crippen LogP contribution in [0.3, 0.4) is 0 Å². The molecule has 0 unspecified atom stereocenters. The SMILES string of the molecule is Cn1ccnc1CC(=O)C1(N2CCCCC2)CCCC1. The van der Waals surface area contributed by atoms with Gasteiger partial charge in [0.1, 0.15) is 5.82 Å². The molecule has 0 bridgehead atoms. The minimum atomic E-state index is -0.174. The highest BCUT2D eigenvalue weighted by Gasteiger charge is 2.45. The molecule has 0 radical (unpaired) electrons. The van der Waals surface area contributed by atoms with E-state index in [-0.39, 0.29) is 5.54 Å². The van der Waals surface area contributed by atoms with Crippen LogP contribution in [0.2, 0.25) is 0 Å². The van der Waals surface area contributed by atoms with Gasteiger partial charge in [-0.25, -0.2) is 4.98 Å². The van der Waals surface area contributed by atoms with Crippen molar-refractivity contribution in [1.29, 1.82) is 0 Å². The first-order valence-corrected chi connectivity index (χ1v) is 7.97. The maximum atomic E-state index is 13.0. The van der Waals surface area contributed by atoms with Crippen LogP contribution in [0.4, 0.5) is 0 Å². The van der Waals surface area contributed by atoms with E-state index in [1.807, 2.05) is 17.8 Å². The second-order valence-corrected chi connectivity index (χ2v) is 6.34. The van der Waals surface area contributed by atoms with Crippen LogP contribution in [-0.2, 0) is 18.3 Å². The van der Waals surface area contributed by atoms with Gasteiger partial charge in [-0.2, -0.15) is 0 Å². The molecule has 110 valence electrons. The first-order valence-electron chi connectivity index (χ1n) is 7.97. The number of carbonyl (C=O) groups is 1. The van der Waals surface area contributed by atoms with E-state index >= 15 is 0 Å². The molecule has 1 aromatic heterocycles. The van der Waals surface area contributed by atoms with Gasteiger partial charge < -0.3 is 4.57 Å². The Balaban J connectivity index is 1.79. The van der Waals surface area contributed by atoms with Crippen molar-refractivity contribution in [1.82, 2.24) is 14.5 Å². The van der Waals surface area contributed by atoms with Gasteiger partial charge in [-0.15, -0.1) is 0 Å². The van der Waals surface area contributed by atoms with E-state index < -0.39 is 0 Å². The zero-order valence-corrected chi connectivity index (χ0v) is 12.5. The largest absolute Gasteiger partial charge is 0.338 e. The van der Waals surface area contributed by atoms with Gasteiger partial charge in [-0.1, -0.05) is 19.3 Å². The number of nitrogens with zero attached hydrogens (tertiary/aromatic N) is 3. The number of Topliss-reactive ketones (excluding diaryl/α,β-unsaturated/α-hetero) is 1. The van der Waals surface area contributed by atoms with Gasteiger partial charge in [0, 0.05) is 19.4 Å². The number of aryl methyl sites for hydroxylation is 1. The fourth-order valence-corrected chi connectivity index (χ4v) is 3.93. The van der Waals surface area contributed by atoms with E-state index in [1.165, 1.54) is 32.1 Å². The van der Waals surface area contributed by atoms with Gasteiger partial charge in [-0.05, 0) is 38.8 Å². The Morgan fingerprint density at radius 2 is 1.90 bits per heavy atom. The van der Waals surface area contributed by atoms with Gasteiger partial charge in [0.05, 0.1) is 12.0 Å². The molecule has 0 amide bonds. The minimum Gasteiger partial charge on any atom is -0.338 e. The zero-order valence-electron chi connectivity index (χ0n) is 12.5. The van der Waals surface area contributed by atoms with Crippen molar-refractivity contribution in [3.05, 3.63) is 18.2 Å². The average molecular weight is 275 g/mol. The molecular weight excluding hydrogens is 250 g/mol. The average Bonchev–Trinajstić information content (AvgIpc) is 3.11. The van der Waals surface area contributed by atoms with Gasteiger partial charge >= 0.3 is 0 Å². The summed E-state index contributed by atoms with van der Waals surface area (Å²) >= 11 is 0. The number of ketones is 1. The molecule has 1 aliphatic carbocycles. The van der Waals surface area contributed by atoms with Crippen molar-refractivity contribution in [2.24, 2.45) is 7.05 Å². The molecule has 2 aliphatic rings. The first-order chi connectivity index (χ1) is 9.72. The van der Waals surface area contributed by atoms with Crippen LogP contribution < -0.4 is 0 Å². The third kappa shape index (κ3) is 2.41. The molecule has 3 rings (SSSR count). The number of likely N-dealkylation sites (tertiary alicyclic amines) is 1. The highest BCUT2D eigenvalue weighted by Crippen LogP contribution is 2.38. The van der Waals surface area contributed by atoms with Crippen molar-refractivity contribution >= 4 is 5.78 Å². The molecule has 0 N–H and O–H groups in total. The van der Waals surface area contributed by atoms with E-state index in [9.17, 15) is 4.79 Å². The molecule has 1 aromatic rings.